The molecular weight excluding hydrogens is 757 g/mol. The molecule has 12 rings (SSSR count). The van der Waals surface area contributed by atoms with Gasteiger partial charge in [-0.15, -0.1) is 0 Å². The number of nitrogens with zero attached hydrogens (tertiary/aromatic N) is 2. The van der Waals surface area contributed by atoms with Crippen LogP contribution < -0.4 is 9.80 Å². The van der Waals surface area contributed by atoms with Gasteiger partial charge in [-0.25, -0.2) is 0 Å². The number of rotatable bonds is 8. The summed E-state index contributed by atoms with van der Waals surface area (Å²) in [6.07, 6.45) is 0. The van der Waals surface area contributed by atoms with Crippen molar-refractivity contribution >= 4 is 110 Å². The predicted molar refractivity (Wildman–Crippen MR) is 262 cm³/mol. The van der Waals surface area contributed by atoms with E-state index in [0.29, 0.717) is 5.92 Å². The highest BCUT2D eigenvalue weighted by Crippen LogP contribution is 2.51. The highest BCUT2D eigenvalue weighted by Gasteiger charge is 2.27. The van der Waals surface area contributed by atoms with Crippen molar-refractivity contribution < 1.29 is 8.83 Å². The summed E-state index contributed by atoms with van der Waals surface area (Å²) in [6.45, 7) is 9.13. The maximum atomic E-state index is 6.77. The summed E-state index contributed by atoms with van der Waals surface area (Å²) in [5, 5.41) is 11.8. The van der Waals surface area contributed by atoms with Crippen LogP contribution >= 0.6 is 0 Å². The molecule has 2 aromatic heterocycles. The fourth-order valence-electron chi connectivity index (χ4n) is 9.97. The number of benzene rings is 10. The molecule has 0 radical (unpaired) electrons. The lowest BCUT2D eigenvalue weighted by atomic mass is 9.86. The minimum Gasteiger partial charge on any atom is -0.454 e. The summed E-state index contributed by atoms with van der Waals surface area (Å²) >= 11 is 0. The minimum atomic E-state index is 0.272. The Balaban J connectivity index is 1.16. The molecule has 0 bridgehead atoms. The first kappa shape index (κ1) is 36.3. The molecule has 4 nitrogen and oxygen atoms in total. The van der Waals surface area contributed by atoms with Crippen LogP contribution in [0.5, 0.6) is 0 Å². The van der Waals surface area contributed by atoms with E-state index >= 15 is 0 Å². The Hall–Kier alpha value is -7.56. The van der Waals surface area contributed by atoms with E-state index in [1.807, 2.05) is 12.1 Å². The van der Waals surface area contributed by atoms with Gasteiger partial charge in [-0.2, -0.15) is 0 Å². The zero-order chi connectivity index (χ0) is 41.6. The Morgan fingerprint density at radius 3 is 1.48 bits per heavy atom. The molecule has 0 amide bonds. The predicted octanol–water partition coefficient (Wildman–Crippen LogP) is 17.6. The van der Waals surface area contributed by atoms with E-state index in [1.165, 1.54) is 43.4 Å². The van der Waals surface area contributed by atoms with Gasteiger partial charge in [0.1, 0.15) is 11.2 Å². The van der Waals surface area contributed by atoms with Crippen molar-refractivity contribution in [1.29, 1.82) is 0 Å². The Morgan fingerprint density at radius 2 is 0.871 bits per heavy atom. The van der Waals surface area contributed by atoms with E-state index < -0.39 is 0 Å². The van der Waals surface area contributed by atoms with E-state index in [2.05, 4.69) is 207 Å². The highest BCUT2D eigenvalue weighted by molar-refractivity contribution is 6.29. The summed E-state index contributed by atoms with van der Waals surface area (Å²) in [5.41, 5.74) is 12.5. The van der Waals surface area contributed by atoms with Crippen molar-refractivity contribution in [1.82, 2.24) is 0 Å². The smallest absolute Gasteiger partial charge is 0.159 e. The molecule has 2 heterocycles. The molecule has 0 N–H and O–H groups in total. The first-order chi connectivity index (χ1) is 30.4. The molecule has 0 aliphatic carbocycles. The van der Waals surface area contributed by atoms with Crippen LogP contribution in [0.15, 0.2) is 191 Å². The van der Waals surface area contributed by atoms with Crippen molar-refractivity contribution in [2.45, 2.75) is 39.5 Å². The molecule has 0 unspecified atom stereocenters. The zero-order valence-electron chi connectivity index (χ0n) is 35.2. The van der Waals surface area contributed by atoms with Gasteiger partial charge in [0.25, 0.3) is 0 Å². The second-order valence-corrected chi connectivity index (χ2v) is 17.2. The van der Waals surface area contributed by atoms with Gasteiger partial charge in [0.2, 0.25) is 0 Å². The Bertz CT molecular complexity index is 3650. The largest absolute Gasteiger partial charge is 0.454 e. The SMILES string of the molecule is CC(C)c1ccc(N(c2ccc3c(C(C)C)cc4c(N(c5ccccc5)c5cccc6c5oc5ccccc56)ccc5ccc2c3c54)c2cccc3c2oc2ccccc23)cc1. The summed E-state index contributed by atoms with van der Waals surface area (Å²) < 4.78 is 13.5. The Labute approximate surface area is 360 Å². The topological polar surface area (TPSA) is 32.8 Å². The van der Waals surface area contributed by atoms with Gasteiger partial charge in [-0.05, 0) is 111 Å². The molecule has 4 heteroatoms. The average molecular weight is 801 g/mol. The molecule has 0 aliphatic rings. The number of furan rings is 2. The molecule has 10 aromatic carbocycles. The third-order valence-electron chi connectivity index (χ3n) is 13.0. The van der Waals surface area contributed by atoms with E-state index in [-0.39, 0.29) is 5.92 Å². The van der Waals surface area contributed by atoms with Gasteiger partial charge in [0.15, 0.2) is 11.2 Å². The molecule has 0 saturated carbocycles. The lowest BCUT2D eigenvalue weighted by Crippen LogP contribution is -2.12. The van der Waals surface area contributed by atoms with Gasteiger partial charge >= 0.3 is 0 Å². The van der Waals surface area contributed by atoms with Crippen LogP contribution in [-0.4, -0.2) is 0 Å². The quantitative estimate of drug-likeness (QED) is 0.143. The normalized spacial score (nSPS) is 12.2. The Morgan fingerprint density at radius 1 is 0.355 bits per heavy atom. The highest BCUT2D eigenvalue weighted by atomic mass is 16.3. The van der Waals surface area contributed by atoms with Gasteiger partial charge in [-0.1, -0.05) is 143 Å². The van der Waals surface area contributed by atoms with Crippen molar-refractivity contribution in [2.75, 3.05) is 9.80 Å². The molecule has 0 saturated heterocycles. The lowest BCUT2D eigenvalue weighted by molar-refractivity contribution is 0.669. The van der Waals surface area contributed by atoms with E-state index in [1.54, 1.807) is 0 Å². The molecule has 62 heavy (non-hydrogen) atoms. The van der Waals surface area contributed by atoms with Gasteiger partial charge in [0.05, 0.1) is 22.7 Å². The third-order valence-corrected chi connectivity index (χ3v) is 13.0. The maximum Gasteiger partial charge on any atom is 0.159 e. The monoisotopic (exact) mass is 800 g/mol. The zero-order valence-corrected chi connectivity index (χ0v) is 35.2. The van der Waals surface area contributed by atoms with Crippen molar-refractivity contribution in [3.05, 3.63) is 193 Å². The fraction of sp³-hybridized carbons (Fsp3) is 0.103. The number of hydrogen-bond acceptors (Lipinski definition) is 4. The molecule has 298 valence electrons. The van der Waals surface area contributed by atoms with Crippen molar-refractivity contribution in [3.8, 4) is 0 Å². The molecular formula is C58H44N2O2. The molecule has 0 atom stereocenters. The number of para-hydroxylation sites is 5. The summed E-state index contributed by atoms with van der Waals surface area (Å²) in [7, 11) is 0. The van der Waals surface area contributed by atoms with Crippen LogP contribution in [0.2, 0.25) is 0 Å². The van der Waals surface area contributed by atoms with Gasteiger partial charge in [0, 0.05) is 43.7 Å². The van der Waals surface area contributed by atoms with Crippen LogP contribution in [0.1, 0.15) is 50.7 Å². The second-order valence-electron chi connectivity index (χ2n) is 17.2. The lowest BCUT2D eigenvalue weighted by Gasteiger charge is -2.30. The first-order valence-electron chi connectivity index (χ1n) is 21.7. The van der Waals surface area contributed by atoms with Crippen LogP contribution in [0.3, 0.4) is 0 Å². The minimum absolute atomic E-state index is 0.272. The van der Waals surface area contributed by atoms with E-state index in [0.717, 1.165) is 78.0 Å². The molecule has 0 fully saturated rings. The van der Waals surface area contributed by atoms with Crippen LogP contribution in [0.25, 0.3) is 76.2 Å². The maximum absolute atomic E-state index is 6.77. The standard InChI is InChI=1S/C58H44N2O2/c1-35(2)37-24-28-40(29-25-37)60(52-21-13-19-45-42-17-9-11-23-54(42)62-58(45)52)49-33-31-43-47(36(3)4)34-48-50(32-27-38-26-30-46(49)56(43)55(38)48)59(39-14-6-5-7-15-39)51-20-12-18-44-41-16-8-10-22-53(41)61-57(44)51/h5-36H,1-4H3. The van der Waals surface area contributed by atoms with Crippen molar-refractivity contribution in [3.63, 3.8) is 0 Å². The van der Waals surface area contributed by atoms with E-state index in [9.17, 15) is 0 Å². The number of hydrogen-bond donors (Lipinski definition) is 0. The molecule has 12 aromatic rings. The third kappa shape index (κ3) is 5.46. The molecule has 0 aliphatic heterocycles. The number of fused-ring (bicyclic) bond motifs is 6. The first-order valence-corrected chi connectivity index (χ1v) is 21.7. The van der Waals surface area contributed by atoms with Crippen LogP contribution in [0, 0.1) is 0 Å². The van der Waals surface area contributed by atoms with Gasteiger partial charge in [-0.3, -0.25) is 0 Å². The summed E-state index contributed by atoms with van der Waals surface area (Å²) in [5.74, 6) is 0.692. The second kappa shape index (κ2) is 14.0. The Kier molecular flexibility index (Phi) is 8.20. The van der Waals surface area contributed by atoms with Crippen LogP contribution in [-0.2, 0) is 0 Å². The van der Waals surface area contributed by atoms with Crippen molar-refractivity contribution in [2.24, 2.45) is 0 Å². The fourth-order valence-corrected chi connectivity index (χ4v) is 9.97. The summed E-state index contributed by atoms with van der Waals surface area (Å²) in [4.78, 5) is 4.81. The average Bonchev–Trinajstić information content (AvgIpc) is 3.89. The van der Waals surface area contributed by atoms with Gasteiger partial charge < -0.3 is 18.6 Å². The van der Waals surface area contributed by atoms with E-state index in [4.69, 9.17) is 8.83 Å². The number of anilines is 6. The van der Waals surface area contributed by atoms with Crippen LogP contribution in [0.4, 0.5) is 34.1 Å². The molecule has 0 spiro atoms. The summed E-state index contributed by atoms with van der Waals surface area (Å²) in [6, 6.07) is 65.9.